The summed E-state index contributed by atoms with van der Waals surface area (Å²) in [4.78, 5) is 11.6. The van der Waals surface area contributed by atoms with Crippen LogP contribution in [0.2, 0.25) is 0 Å². The Morgan fingerprint density at radius 2 is 2.29 bits per heavy atom. The lowest BCUT2D eigenvalue weighted by molar-refractivity contribution is 0.0599. The molecule has 0 radical (unpaired) electrons. The zero-order chi connectivity index (χ0) is 15.0. The Kier molecular flexibility index (Phi) is 4.07. The fourth-order valence-electron chi connectivity index (χ4n) is 4.26. The highest BCUT2D eigenvalue weighted by Crippen LogP contribution is 2.49. The molecule has 0 amide bonds. The van der Waals surface area contributed by atoms with Gasteiger partial charge in [0.2, 0.25) is 0 Å². The van der Waals surface area contributed by atoms with Gasteiger partial charge >= 0.3 is 5.97 Å². The zero-order valence-corrected chi connectivity index (χ0v) is 13.1. The van der Waals surface area contributed by atoms with Crippen LogP contribution in [0, 0.1) is 24.7 Å². The number of ether oxygens (including phenoxy) is 1. The second-order valence-electron chi connectivity index (χ2n) is 6.68. The number of aryl methyl sites for hydroxylation is 1. The normalized spacial score (nSPS) is 28.8. The van der Waals surface area contributed by atoms with Gasteiger partial charge in [-0.2, -0.15) is 0 Å². The summed E-state index contributed by atoms with van der Waals surface area (Å²) in [5, 5.41) is 3.58. The van der Waals surface area contributed by atoms with Crippen LogP contribution in [0.1, 0.15) is 54.5 Å². The molecule has 21 heavy (non-hydrogen) atoms. The van der Waals surface area contributed by atoms with E-state index in [1.165, 1.54) is 32.8 Å². The van der Waals surface area contributed by atoms with Crippen molar-refractivity contribution in [2.45, 2.75) is 52.1 Å². The first kappa shape index (κ1) is 14.6. The molecule has 2 fully saturated rings. The van der Waals surface area contributed by atoms with Crippen molar-refractivity contribution in [3.05, 3.63) is 23.2 Å². The molecule has 0 aromatic carbocycles. The number of hydrogen-bond donors (Lipinski definition) is 1. The van der Waals surface area contributed by atoms with E-state index in [9.17, 15) is 4.79 Å². The molecule has 1 N–H and O–H groups in total. The largest absolute Gasteiger partial charge is 0.465 e. The van der Waals surface area contributed by atoms with Gasteiger partial charge in [0.25, 0.3) is 0 Å². The highest BCUT2D eigenvalue weighted by atomic mass is 16.5. The van der Waals surface area contributed by atoms with Gasteiger partial charge in [0.1, 0.15) is 17.1 Å². The molecule has 0 saturated heterocycles. The van der Waals surface area contributed by atoms with Crippen molar-refractivity contribution in [1.82, 2.24) is 5.32 Å². The molecule has 2 aliphatic carbocycles. The summed E-state index contributed by atoms with van der Waals surface area (Å²) < 4.78 is 10.4. The molecular formula is C17H25NO3. The Morgan fingerprint density at radius 3 is 2.90 bits per heavy atom. The molecule has 2 saturated carbocycles. The molecule has 116 valence electrons. The average molecular weight is 291 g/mol. The Labute approximate surface area is 126 Å². The lowest BCUT2D eigenvalue weighted by Gasteiger charge is -2.28. The summed E-state index contributed by atoms with van der Waals surface area (Å²) in [6, 6.07) is 2.30. The van der Waals surface area contributed by atoms with Gasteiger partial charge in [-0.15, -0.1) is 0 Å². The Morgan fingerprint density at radius 1 is 1.48 bits per heavy atom. The van der Waals surface area contributed by atoms with Crippen LogP contribution < -0.4 is 5.32 Å². The predicted octanol–water partition coefficient (Wildman–Crippen LogP) is 3.29. The van der Waals surface area contributed by atoms with Gasteiger partial charge in [-0.05, 0) is 56.9 Å². The predicted molar refractivity (Wildman–Crippen MR) is 80.0 cm³/mol. The number of methoxy groups -OCH3 is 1. The molecule has 0 spiro atoms. The lowest BCUT2D eigenvalue weighted by Crippen LogP contribution is -2.35. The highest BCUT2D eigenvalue weighted by Gasteiger charge is 2.41. The van der Waals surface area contributed by atoms with E-state index in [1.54, 1.807) is 13.0 Å². The number of esters is 1. The smallest absolute Gasteiger partial charge is 0.341 e. The van der Waals surface area contributed by atoms with Crippen LogP contribution >= 0.6 is 0 Å². The third kappa shape index (κ3) is 2.86. The molecule has 4 nitrogen and oxygen atoms in total. The Balaban J connectivity index is 1.56. The van der Waals surface area contributed by atoms with Gasteiger partial charge < -0.3 is 14.5 Å². The van der Waals surface area contributed by atoms with Crippen LogP contribution in [0.15, 0.2) is 10.5 Å². The minimum atomic E-state index is -0.330. The molecule has 4 unspecified atom stereocenters. The summed E-state index contributed by atoms with van der Waals surface area (Å²) in [6.07, 6.45) is 5.66. The van der Waals surface area contributed by atoms with Gasteiger partial charge in [0.15, 0.2) is 0 Å². The molecule has 1 heterocycles. The fourth-order valence-corrected chi connectivity index (χ4v) is 4.26. The van der Waals surface area contributed by atoms with E-state index in [4.69, 9.17) is 9.15 Å². The van der Waals surface area contributed by atoms with E-state index in [0.717, 1.165) is 23.5 Å². The van der Waals surface area contributed by atoms with Crippen molar-refractivity contribution in [2.75, 3.05) is 7.11 Å². The first-order chi connectivity index (χ1) is 10.1. The molecule has 4 atom stereocenters. The first-order valence-corrected chi connectivity index (χ1v) is 7.99. The quantitative estimate of drug-likeness (QED) is 0.846. The minimum absolute atomic E-state index is 0.330. The zero-order valence-electron chi connectivity index (χ0n) is 13.1. The summed E-state index contributed by atoms with van der Waals surface area (Å²) in [5.41, 5.74) is 0.530. The second kappa shape index (κ2) is 5.84. The Hall–Kier alpha value is -1.29. The van der Waals surface area contributed by atoms with Crippen molar-refractivity contribution in [3.63, 3.8) is 0 Å². The van der Waals surface area contributed by atoms with Crippen LogP contribution in [0.3, 0.4) is 0 Å². The molecule has 2 aliphatic rings. The van der Waals surface area contributed by atoms with Crippen LogP contribution in [0.4, 0.5) is 0 Å². The summed E-state index contributed by atoms with van der Waals surface area (Å²) in [5.74, 6) is 3.81. The lowest BCUT2D eigenvalue weighted by atomic mass is 9.84. The number of fused-ring (bicyclic) bond motifs is 2. The summed E-state index contributed by atoms with van der Waals surface area (Å²) in [7, 11) is 1.39. The van der Waals surface area contributed by atoms with Crippen LogP contribution in [-0.2, 0) is 11.3 Å². The van der Waals surface area contributed by atoms with Crippen LogP contribution in [-0.4, -0.2) is 19.1 Å². The number of carbonyl (C=O) groups is 1. The fraction of sp³-hybridized carbons (Fsp3) is 0.706. The minimum Gasteiger partial charge on any atom is -0.465 e. The van der Waals surface area contributed by atoms with Gasteiger partial charge in [-0.3, -0.25) is 0 Å². The van der Waals surface area contributed by atoms with Gasteiger partial charge in [-0.1, -0.05) is 6.42 Å². The maximum atomic E-state index is 11.6. The SMILES string of the molecule is COC(=O)c1cc(CNC(C)C2CC3CCC2C3)oc1C. The van der Waals surface area contributed by atoms with E-state index in [2.05, 4.69) is 12.2 Å². The van der Waals surface area contributed by atoms with E-state index in [0.29, 0.717) is 23.9 Å². The third-order valence-electron chi connectivity index (χ3n) is 5.41. The van der Waals surface area contributed by atoms with Crippen LogP contribution in [0.5, 0.6) is 0 Å². The van der Waals surface area contributed by atoms with Crippen molar-refractivity contribution < 1.29 is 13.9 Å². The average Bonchev–Trinajstić information content (AvgIpc) is 3.18. The summed E-state index contributed by atoms with van der Waals surface area (Å²) in [6.45, 7) is 4.75. The van der Waals surface area contributed by atoms with Crippen molar-refractivity contribution in [1.29, 1.82) is 0 Å². The van der Waals surface area contributed by atoms with Gasteiger partial charge in [-0.25, -0.2) is 4.79 Å². The molecule has 1 aromatic rings. The second-order valence-corrected chi connectivity index (χ2v) is 6.68. The van der Waals surface area contributed by atoms with Crippen LogP contribution in [0.25, 0.3) is 0 Å². The van der Waals surface area contributed by atoms with E-state index in [-0.39, 0.29) is 5.97 Å². The monoisotopic (exact) mass is 291 g/mol. The standard InChI is InChI=1S/C17H25NO3/c1-10(15-7-12-4-5-13(15)6-12)18-9-14-8-16(11(2)21-14)17(19)20-3/h8,10,12-13,15,18H,4-7,9H2,1-3H3. The number of hydrogen-bond acceptors (Lipinski definition) is 4. The Bertz CT molecular complexity index is 522. The number of furan rings is 1. The number of carbonyl (C=O) groups excluding carboxylic acids is 1. The van der Waals surface area contributed by atoms with Crippen molar-refractivity contribution in [2.24, 2.45) is 17.8 Å². The van der Waals surface area contributed by atoms with Crippen molar-refractivity contribution in [3.8, 4) is 0 Å². The molecule has 3 rings (SSSR count). The molecule has 0 aliphatic heterocycles. The third-order valence-corrected chi connectivity index (χ3v) is 5.41. The number of rotatable bonds is 5. The van der Waals surface area contributed by atoms with E-state index < -0.39 is 0 Å². The molecule has 1 aromatic heterocycles. The van der Waals surface area contributed by atoms with E-state index in [1.807, 2.05) is 0 Å². The maximum Gasteiger partial charge on any atom is 0.341 e. The van der Waals surface area contributed by atoms with Gasteiger partial charge in [0, 0.05) is 6.04 Å². The molecule has 4 heteroatoms. The topological polar surface area (TPSA) is 51.5 Å². The maximum absolute atomic E-state index is 11.6. The molecular weight excluding hydrogens is 266 g/mol. The summed E-state index contributed by atoms with van der Waals surface area (Å²) >= 11 is 0. The van der Waals surface area contributed by atoms with Crippen molar-refractivity contribution >= 4 is 5.97 Å². The van der Waals surface area contributed by atoms with E-state index >= 15 is 0 Å². The highest BCUT2D eigenvalue weighted by molar-refractivity contribution is 5.90. The first-order valence-electron chi connectivity index (χ1n) is 7.99. The molecule has 2 bridgehead atoms. The van der Waals surface area contributed by atoms with Gasteiger partial charge in [0.05, 0.1) is 13.7 Å². The number of nitrogens with one attached hydrogen (secondary N) is 1.